The average Bonchev–Trinajstić information content (AvgIpc) is 2.68. The molecule has 0 bridgehead atoms. The zero-order chi connectivity index (χ0) is 13.1. The Morgan fingerprint density at radius 3 is 2.94 bits per heavy atom. The van der Waals surface area contributed by atoms with Crippen LogP contribution < -0.4 is 0 Å². The van der Waals surface area contributed by atoms with Gasteiger partial charge in [-0.25, -0.2) is 4.98 Å². The molecular weight excluding hydrogens is 254 g/mol. The van der Waals surface area contributed by atoms with Crippen molar-refractivity contribution in [2.75, 3.05) is 13.1 Å². The maximum atomic E-state index is 10.7. The van der Waals surface area contributed by atoms with Gasteiger partial charge in [0.25, 0.3) is 0 Å². The van der Waals surface area contributed by atoms with E-state index in [-0.39, 0.29) is 6.54 Å². The fraction of sp³-hybridized carbons (Fsp3) is 0.333. The van der Waals surface area contributed by atoms with Crippen molar-refractivity contribution in [2.24, 2.45) is 0 Å². The largest absolute Gasteiger partial charge is 0.480 e. The van der Waals surface area contributed by atoms with Crippen molar-refractivity contribution >= 4 is 23.2 Å². The highest BCUT2D eigenvalue weighted by Gasteiger charge is 2.10. The number of hydrogen-bond acceptors (Lipinski definition) is 3. The Morgan fingerprint density at radius 2 is 2.28 bits per heavy atom. The number of aliphatic carboxylic acids is 1. The van der Waals surface area contributed by atoms with E-state index in [1.54, 1.807) is 12.3 Å². The minimum atomic E-state index is -0.830. The van der Waals surface area contributed by atoms with Gasteiger partial charge in [0.05, 0.1) is 17.3 Å². The zero-order valence-corrected chi connectivity index (χ0v) is 10.8. The first kappa shape index (κ1) is 12.9. The Kier molecular flexibility index (Phi) is 3.84. The zero-order valence-electron chi connectivity index (χ0n) is 10.0. The van der Waals surface area contributed by atoms with E-state index >= 15 is 0 Å². The van der Waals surface area contributed by atoms with Crippen LogP contribution in [0.3, 0.4) is 0 Å². The fourth-order valence-corrected chi connectivity index (χ4v) is 1.96. The number of aromatic nitrogens is 2. The third kappa shape index (κ3) is 3.00. The summed E-state index contributed by atoms with van der Waals surface area (Å²) >= 11 is 5.89. The van der Waals surface area contributed by atoms with Crippen LogP contribution in [0.25, 0.3) is 5.65 Å². The van der Waals surface area contributed by atoms with Crippen LogP contribution in [0.5, 0.6) is 0 Å². The molecule has 0 amide bonds. The first-order valence-electron chi connectivity index (χ1n) is 5.65. The van der Waals surface area contributed by atoms with Gasteiger partial charge in [-0.05, 0) is 18.7 Å². The molecule has 0 radical (unpaired) electrons. The number of carboxylic acid groups (broad SMARTS) is 1. The lowest BCUT2D eigenvalue weighted by atomic mass is 10.4. The maximum Gasteiger partial charge on any atom is 0.317 e. The number of pyridine rings is 1. The molecule has 0 spiro atoms. The Balaban J connectivity index is 2.18. The standard InChI is InChI=1S/C12H14ClN3O2/c1-2-15(8-12(17)18)6-10-7-16-5-9(13)3-4-11(16)14-10/h3-5,7H,2,6,8H2,1H3,(H,17,18). The van der Waals surface area contributed by atoms with E-state index in [4.69, 9.17) is 16.7 Å². The molecule has 5 nitrogen and oxygen atoms in total. The molecule has 2 aromatic heterocycles. The monoisotopic (exact) mass is 267 g/mol. The predicted molar refractivity (Wildman–Crippen MR) is 68.8 cm³/mol. The van der Waals surface area contributed by atoms with E-state index in [0.717, 1.165) is 11.3 Å². The smallest absolute Gasteiger partial charge is 0.317 e. The Labute approximate surface area is 110 Å². The van der Waals surface area contributed by atoms with Crippen LogP contribution in [0.15, 0.2) is 24.5 Å². The third-order valence-electron chi connectivity index (χ3n) is 2.66. The summed E-state index contributed by atoms with van der Waals surface area (Å²) in [6.45, 7) is 3.13. The molecule has 2 rings (SSSR count). The van der Waals surface area contributed by atoms with Crippen LogP contribution in [0.4, 0.5) is 0 Å². The van der Waals surface area contributed by atoms with E-state index in [0.29, 0.717) is 18.1 Å². The second-order valence-electron chi connectivity index (χ2n) is 4.04. The van der Waals surface area contributed by atoms with E-state index in [2.05, 4.69) is 4.98 Å². The van der Waals surface area contributed by atoms with Gasteiger partial charge in [0.15, 0.2) is 0 Å². The summed E-state index contributed by atoms with van der Waals surface area (Å²) in [4.78, 5) is 16.9. The topological polar surface area (TPSA) is 57.8 Å². The summed E-state index contributed by atoms with van der Waals surface area (Å²) < 4.78 is 1.84. The summed E-state index contributed by atoms with van der Waals surface area (Å²) in [5, 5.41) is 9.43. The molecular formula is C12H14ClN3O2. The number of rotatable bonds is 5. The highest BCUT2D eigenvalue weighted by atomic mass is 35.5. The van der Waals surface area contributed by atoms with Crippen LogP contribution >= 0.6 is 11.6 Å². The number of nitrogens with zero attached hydrogens (tertiary/aromatic N) is 3. The highest BCUT2D eigenvalue weighted by molar-refractivity contribution is 6.30. The minimum Gasteiger partial charge on any atom is -0.480 e. The van der Waals surface area contributed by atoms with E-state index in [9.17, 15) is 4.79 Å². The van der Waals surface area contributed by atoms with Crippen LogP contribution in [0.1, 0.15) is 12.6 Å². The summed E-state index contributed by atoms with van der Waals surface area (Å²) in [6.07, 6.45) is 3.65. The molecule has 2 aromatic rings. The molecule has 0 atom stereocenters. The van der Waals surface area contributed by atoms with Crippen LogP contribution in [-0.4, -0.2) is 38.4 Å². The molecule has 6 heteroatoms. The van der Waals surface area contributed by atoms with E-state index in [1.165, 1.54) is 0 Å². The van der Waals surface area contributed by atoms with Gasteiger partial charge in [-0.1, -0.05) is 18.5 Å². The van der Waals surface area contributed by atoms with Crippen LogP contribution in [-0.2, 0) is 11.3 Å². The Morgan fingerprint density at radius 1 is 1.50 bits per heavy atom. The van der Waals surface area contributed by atoms with Crippen molar-refractivity contribution in [1.82, 2.24) is 14.3 Å². The minimum absolute atomic E-state index is 0.0190. The fourth-order valence-electron chi connectivity index (χ4n) is 1.79. The van der Waals surface area contributed by atoms with Gasteiger partial charge in [0, 0.05) is 18.9 Å². The second-order valence-corrected chi connectivity index (χ2v) is 4.48. The predicted octanol–water partition coefficient (Wildman–Crippen LogP) is 1.89. The van der Waals surface area contributed by atoms with Gasteiger partial charge in [-0.3, -0.25) is 9.69 Å². The Hall–Kier alpha value is -1.59. The summed E-state index contributed by atoms with van der Waals surface area (Å²) in [6, 6.07) is 3.61. The van der Waals surface area contributed by atoms with Gasteiger partial charge < -0.3 is 9.51 Å². The van der Waals surface area contributed by atoms with Gasteiger partial charge in [-0.2, -0.15) is 0 Å². The quantitative estimate of drug-likeness (QED) is 0.899. The van der Waals surface area contributed by atoms with E-state index < -0.39 is 5.97 Å². The van der Waals surface area contributed by atoms with Crippen molar-refractivity contribution in [3.05, 3.63) is 35.2 Å². The number of carboxylic acids is 1. The van der Waals surface area contributed by atoms with Crippen LogP contribution in [0.2, 0.25) is 5.02 Å². The molecule has 0 unspecified atom stereocenters. The molecule has 0 aliphatic rings. The highest BCUT2D eigenvalue weighted by Crippen LogP contribution is 2.12. The molecule has 0 saturated heterocycles. The SMILES string of the molecule is CCN(CC(=O)O)Cc1cn2cc(Cl)ccc2n1. The maximum absolute atomic E-state index is 10.7. The van der Waals surface area contributed by atoms with Gasteiger partial charge in [-0.15, -0.1) is 0 Å². The number of imidazole rings is 1. The molecule has 96 valence electrons. The first-order valence-corrected chi connectivity index (χ1v) is 6.03. The lowest BCUT2D eigenvalue weighted by Crippen LogP contribution is -2.29. The molecule has 0 aromatic carbocycles. The molecule has 1 N–H and O–H groups in total. The number of halogens is 1. The number of likely N-dealkylation sites (N-methyl/N-ethyl adjacent to an activating group) is 1. The van der Waals surface area contributed by atoms with Crippen molar-refractivity contribution in [2.45, 2.75) is 13.5 Å². The van der Waals surface area contributed by atoms with Crippen molar-refractivity contribution in [3.63, 3.8) is 0 Å². The first-order chi connectivity index (χ1) is 8.58. The van der Waals surface area contributed by atoms with Gasteiger partial charge in [0.2, 0.25) is 0 Å². The molecule has 2 heterocycles. The van der Waals surface area contributed by atoms with E-state index in [1.807, 2.05) is 28.5 Å². The average molecular weight is 268 g/mol. The summed E-state index contributed by atoms with van der Waals surface area (Å²) in [5.41, 5.74) is 1.64. The lowest BCUT2D eigenvalue weighted by molar-refractivity contribution is -0.138. The number of hydrogen-bond donors (Lipinski definition) is 1. The van der Waals surface area contributed by atoms with Gasteiger partial charge in [0.1, 0.15) is 5.65 Å². The summed E-state index contributed by atoms with van der Waals surface area (Å²) in [5.74, 6) is -0.830. The van der Waals surface area contributed by atoms with Crippen LogP contribution in [0, 0.1) is 0 Å². The molecule has 0 saturated carbocycles. The Bertz CT molecular complexity index is 567. The van der Waals surface area contributed by atoms with Crippen molar-refractivity contribution in [1.29, 1.82) is 0 Å². The number of fused-ring (bicyclic) bond motifs is 1. The van der Waals surface area contributed by atoms with Crippen molar-refractivity contribution < 1.29 is 9.90 Å². The molecule has 0 fully saturated rings. The summed E-state index contributed by atoms with van der Waals surface area (Å²) in [7, 11) is 0. The number of carbonyl (C=O) groups is 1. The second kappa shape index (κ2) is 5.37. The van der Waals surface area contributed by atoms with Gasteiger partial charge >= 0.3 is 5.97 Å². The molecule has 0 aliphatic carbocycles. The molecule has 18 heavy (non-hydrogen) atoms. The van der Waals surface area contributed by atoms with Crippen molar-refractivity contribution in [3.8, 4) is 0 Å². The lowest BCUT2D eigenvalue weighted by Gasteiger charge is -2.15. The third-order valence-corrected chi connectivity index (χ3v) is 2.88. The normalized spacial score (nSPS) is 11.3. The molecule has 0 aliphatic heterocycles.